The maximum Gasteiger partial charge on any atom is 0.265 e. The third kappa shape index (κ3) is 6.43. The number of nitrogens with zero attached hydrogens (tertiary/aromatic N) is 4. The number of hydrogen-bond donors (Lipinski definition) is 3. The first-order valence-electron chi connectivity index (χ1n) is 14.9. The minimum atomic E-state index is -0.606. The summed E-state index contributed by atoms with van der Waals surface area (Å²) in [5, 5.41) is 12.1. The van der Waals surface area contributed by atoms with Crippen molar-refractivity contribution in [3.05, 3.63) is 70.5 Å². The number of aromatic nitrogens is 3. The molecule has 1 aliphatic carbocycles. The molecule has 0 bridgehead atoms. The number of amides is 2. The van der Waals surface area contributed by atoms with Crippen molar-refractivity contribution in [2.24, 2.45) is 11.7 Å². The third-order valence-electron chi connectivity index (χ3n) is 7.78. The van der Waals surface area contributed by atoms with E-state index in [9.17, 15) is 9.59 Å². The summed E-state index contributed by atoms with van der Waals surface area (Å²) in [6.07, 6.45) is 10.9. The van der Waals surface area contributed by atoms with Gasteiger partial charge in [-0.25, -0.2) is 4.98 Å². The van der Waals surface area contributed by atoms with Crippen LogP contribution in [0.1, 0.15) is 80.7 Å². The number of carbonyl (C=O) groups is 2. The number of benzene rings is 1. The van der Waals surface area contributed by atoms with Gasteiger partial charge in [-0.2, -0.15) is 0 Å². The van der Waals surface area contributed by atoms with Crippen LogP contribution in [0.15, 0.2) is 47.9 Å². The van der Waals surface area contributed by atoms with E-state index in [1.165, 1.54) is 17.4 Å². The summed E-state index contributed by atoms with van der Waals surface area (Å²) in [4.78, 5) is 40.9. The number of fused-ring (bicyclic) bond motifs is 1. The van der Waals surface area contributed by atoms with E-state index in [4.69, 9.17) is 20.9 Å². The zero-order chi connectivity index (χ0) is 30.7. The maximum atomic E-state index is 13.1. The van der Waals surface area contributed by atoms with Crippen molar-refractivity contribution in [3.8, 4) is 16.9 Å². The van der Waals surface area contributed by atoms with Crippen LogP contribution in [0.5, 0.6) is 5.75 Å². The normalized spacial score (nSPS) is 14.7. The van der Waals surface area contributed by atoms with Crippen LogP contribution in [0.2, 0.25) is 0 Å². The lowest BCUT2D eigenvalue weighted by atomic mass is 9.90. The van der Waals surface area contributed by atoms with Gasteiger partial charge in [0.1, 0.15) is 11.6 Å². The molecule has 43 heavy (non-hydrogen) atoms. The van der Waals surface area contributed by atoms with Gasteiger partial charge >= 0.3 is 0 Å². The van der Waals surface area contributed by atoms with Gasteiger partial charge in [0.25, 0.3) is 11.8 Å². The Morgan fingerprint density at radius 1 is 1.23 bits per heavy atom. The van der Waals surface area contributed by atoms with E-state index in [2.05, 4.69) is 43.0 Å². The number of nitrogens with two attached hydrogens (primary N) is 1. The number of pyridine rings is 1. The summed E-state index contributed by atoms with van der Waals surface area (Å²) in [5.41, 5.74) is 12.7. The lowest BCUT2D eigenvalue weighted by Crippen LogP contribution is -2.38. The second-order valence-corrected chi connectivity index (χ2v) is 11.6. The number of hydrogen-bond acceptors (Lipinski definition) is 8. The number of carbonyl (C=O) groups excluding carboxylic acids is 2. The molecule has 0 spiro atoms. The topological polar surface area (TPSA) is 147 Å². The van der Waals surface area contributed by atoms with Gasteiger partial charge in [-0.3, -0.25) is 24.5 Å². The van der Waals surface area contributed by atoms with Crippen LogP contribution >= 0.6 is 0 Å². The first-order valence-corrected chi connectivity index (χ1v) is 14.9. The SMILES string of the molecule is CCCC(=C1CC1)C(C)Nc1nc(CC(C)C)c(C(N)=O)c(-c2ccc3c(c2)OCC(=O)N3Cc2cnccn2)c1C=N. The predicted octanol–water partition coefficient (Wildman–Crippen LogP) is 5.45. The van der Waals surface area contributed by atoms with E-state index in [0.29, 0.717) is 57.3 Å². The highest BCUT2D eigenvalue weighted by atomic mass is 16.5. The second kappa shape index (κ2) is 12.7. The molecule has 1 saturated carbocycles. The summed E-state index contributed by atoms with van der Waals surface area (Å²) in [5.74, 6) is 0.449. The number of nitrogens with one attached hydrogen (secondary N) is 2. The second-order valence-electron chi connectivity index (χ2n) is 11.6. The molecule has 2 aliphatic rings. The lowest BCUT2D eigenvalue weighted by Gasteiger charge is -2.30. The average molecular weight is 582 g/mol. The molecular weight excluding hydrogens is 542 g/mol. The maximum absolute atomic E-state index is 13.1. The van der Waals surface area contributed by atoms with E-state index < -0.39 is 5.91 Å². The molecule has 1 unspecified atom stereocenters. The molecule has 224 valence electrons. The van der Waals surface area contributed by atoms with E-state index in [1.54, 1.807) is 35.6 Å². The molecule has 5 rings (SSSR count). The molecule has 0 radical (unpaired) electrons. The fraction of sp³-hybridized carbons (Fsp3) is 0.394. The van der Waals surface area contributed by atoms with Crippen LogP contribution < -0.4 is 20.7 Å². The molecule has 1 aromatic carbocycles. The van der Waals surface area contributed by atoms with E-state index >= 15 is 0 Å². The minimum absolute atomic E-state index is 0.0235. The van der Waals surface area contributed by atoms with Crippen molar-refractivity contribution in [1.29, 1.82) is 5.41 Å². The Labute approximate surface area is 252 Å². The Morgan fingerprint density at radius 3 is 2.65 bits per heavy atom. The van der Waals surface area contributed by atoms with Gasteiger partial charge in [0.2, 0.25) is 0 Å². The predicted molar refractivity (Wildman–Crippen MR) is 168 cm³/mol. The van der Waals surface area contributed by atoms with E-state index in [0.717, 1.165) is 25.7 Å². The van der Waals surface area contributed by atoms with Crippen LogP contribution in [-0.4, -0.2) is 45.6 Å². The van der Waals surface area contributed by atoms with Crippen LogP contribution in [0.25, 0.3) is 11.1 Å². The molecule has 10 nitrogen and oxygen atoms in total. The zero-order valence-corrected chi connectivity index (χ0v) is 25.2. The van der Waals surface area contributed by atoms with Gasteiger partial charge in [0, 0.05) is 35.8 Å². The van der Waals surface area contributed by atoms with Crippen LogP contribution in [0.3, 0.4) is 0 Å². The average Bonchev–Trinajstić information content (AvgIpc) is 3.82. The number of anilines is 2. The first-order chi connectivity index (χ1) is 20.7. The van der Waals surface area contributed by atoms with Crippen molar-refractivity contribution in [2.75, 3.05) is 16.8 Å². The van der Waals surface area contributed by atoms with Crippen molar-refractivity contribution in [3.63, 3.8) is 0 Å². The molecule has 0 saturated heterocycles. The van der Waals surface area contributed by atoms with Crippen molar-refractivity contribution < 1.29 is 14.3 Å². The summed E-state index contributed by atoms with van der Waals surface area (Å²) in [6, 6.07) is 5.46. The van der Waals surface area contributed by atoms with E-state index in [-0.39, 0.29) is 31.0 Å². The number of ether oxygens (including phenoxy) is 1. The van der Waals surface area contributed by atoms with Gasteiger partial charge in [-0.1, -0.05) is 38.8 Å². The van der Waals surface area contributed by atoms with Gasteiger partial charge in [0.05, 0.1) is 35.4 Å². The summed E-state index contributed by atoms with van der Waals surface area (Å²) in [6.45, 7) is 8.56. The molecular formula is C33H39N7O3. The fourth-order valence-corrected chi connectivity index (χ4v) is 5.75. The number of primary amides is 1. The minimum Gasteiger partial charge on any atom is -0.482 e. The zero-order valence-electron chi connectivity index (χ0n) is 25.2. The molecule has 3 heterocycles. The molecule has 4 N–H and O–H groups in total. The molecule has 2 amide bonds. The highest BCUT2D eigenvalue weighted by Crippen LogP contribution is 2.41. The van der Waals surface area contributed by atoms with Gasteiger partial charge in [-0.05, 0) is 61.8 Å². The highest BCUT2D eigenvalue weighted by Gasteiger charge is 2.30. The standard InChI is InChI=1S/C33H39N7O3/c1-5-6-24(21-7-8-21)20(4)38-33-25(15-34)30(31(32(35)42)26(39-33)13-19(2)3)22-9-10-27-28(14-22)43-18-29(41)40(27)17-23-16-36-11-12-37-23/h9-12,14-16,19-20,34H,5-8,13,17-18H2,1-4H3,(H2,35,42)(H,38,39). The largest absolute Gasteiger partial charge is 0.482 e. The molecule has 1 aliphatic heterocycles. The fourth-order valence-electron chi connectivity index (χ4n) is 5.75. The van der Waals surface area contributed by atoms with Gasteiger partial charge in [0.15, 0.2) is 6.61 Å². The third-order valence-corrected chi connectivity index (χ3v) is 7.78. The van der Waals surface area contributed by atoms with Crippen LogP contribution in [0, 0.1) is 11.3 Å². The summed E-state index contributed by atoms with van der Waals surface area (Å²) in [7, 11) is 0. The quantitative estimate of drug-likeness (QED) is 0.190. The molecule has 3 aromatic rings. The van der Waals surface area contributed by atoms with Crippen molar-refractivity contribution in [1.82, 2.24) is 15.0 Å². The monoisotopic (exact) mass is 581 g/mol. The van der Waals surface area contributed by atoms with Gasteiger partial charge in [-0.15, -0.1) is 0 Å². The summed E-state index contributed by atoms with van der Waals surface area (Å²) >= 11 is 0. The Morgan fingerprint density at radius 2 is 2.02 bits per heavy atom. The van der Waals surface area contributed by atoms with Gasteiger partial charge < -0.3 is 21.2 Å². The van der Waals surface area contributed by atoms with E-state index in [1.807, 2.05) is 6.07 Å². The Balaban J connectivity index is 1.63. The smallest absolute Gasteiger partial charge is 0.265 e. The molecule has 2 aromatic heterocycles. The molecule has 1 atom stereocenters. The Bertz CT molecular complexity index is 1580. The molecule has 10 heteroatoms. The van der Waals surface area contributed by atoms with Crippen LogP contribution in [0.4, 0.5) is 11.5 Å². The summed E-state index contributed by atoms with van der Waals surface area (Å²) < 4.78 is 5.88. The Kier molecular flexibility index (Phi) is 8.84. The molecule has 1 fully saturated rings. The number of rotatable bonds is 12. The van der Waals surface area contributed by atoms with Crippen molar-refractivity contribution >= 4 is 29.5 Å². The number of allylic oxidation sites excluding steroid dienone is 1. The van der Waals surface area contributed by atoms with Crippen molar-refractivity contribution in [2.45, 2.75) is 72.4 Å². The first kappa shape index (κ1) is 29.9. The lowest BCUT2D eigenvalue weighted by molar-refractivity contribution is -0.121. The van der Waals surface area contributed by atoms with Crippen LogP contribution in [-0.2, 0) is 17.8 Å². The Hall–Kier alpha value is -4.60. The highest BCUT2D eigenvalue weighted by molar-refractivity contribution is 6.08.